The van der Waals surface area contributed by atoms with Crippen molar-refractivity contribution in [2.75, 3.05) is 13.7 Å². The summed E-state index contributed by atoms with van der Waals surface area (Å²) in [5.74, 6) is -1.13. The number of nitrogens with zero attached hydrogens (tertiary/aromatic N) is 1. The van der Waals surface area contributed by atoms with Crippen molar-refractivity contribution in [1.29, 1.82) is 0 Å². The molecule has 0 heterocycles. The molecular formula is C12H20N2O6. The Kier molecular flexibility index (Phi) is 5.09. The second-order valence-corrected chi connectivity index (χ2v) is 4.89. The third-order valence-electron chi connectivity index (χ3n) is 3.07. The van der Waals surface area contributed by atoms with Crippen LogP contribution in [0, 0.1) is 0 Å². The molecule has 114 valence electrons. The number of nitrogens with two attached hydrogens (primary N) is 1. The largest absolute Gasteiger partial charge is 0.493 e. The fourth-order valence-corrected chi connectivity index (χ4v) is 2.08. The molecule has 0 amide bonds. The van der Waals surface area contributed by atoms with E-state index in [2.05, 4.69) is 4.99 Å². The van der Waals surface area contributed by atoms with E-state index in [1.165, 1.54) is 14.0 Å². The first kappa shape index (κ1) is 16.4. The van der Waals surface area contributed by atoms with Gasteiger partial charge >= 0.3 is 5.97 Å². The first-order valence-corrected chi connectivity index (χ1v) is 6.08. The Balaban J connectivity index is 3.24. The monoisotopic (exact) mass is 288 g/mol. The number of aliphatic hydroxyl groups excluding tert-OH is 2. The van der Waals surface area contributed by atoms with Crippen molar-refractivity contribution in [2.45, 2.75) is 37.5 Å². The fourth-order valence-electron chi connectivity index (χ4n) is 2.08. The summed E-state index contributed by atoms with van der Waals surface area (Å²) < 4.78 is 5.07. The maximum absolute atomic E-state index is 11.1. The highest BCUT2D eigenvalue weighted by atomic mass is 16.5. The summed E-state index contributed by atoms with van der Waals surface area (Å²) in [7, 11) is 1.35. The number of methoxy groups -OCH3 is 1. The summed E-state index contributed by atoms with van der Waals surface area (Å²) in [4.78, 5) is 15.0. The average Bonchev–Trinajstić information content (AvgIpc) is 2.34. The van der Waals surface area contributed by atoms with Crippen LogP contribution in [0.5, 0.6) is 0 Å². The Labute approximate surface area is 116 Å². The van der Waals surface area contributed by atoms with E-state index in [9.17, 15) is 20.1 Å². The Bertz CT molecular complexity index is 445. The molecule has 0 spiro atoms. The van der Waals surface area contributed by atoms with Crippen molar-refractivity contribution < 1.29 is 30.0 Å². The number of hydrogen-bond donors (Lipinski definition) is 5. The Morgan fingerprint density at radius 2 is 2.15 bits per heavy atom. The summed E-state index contributed by atoms with van der Waals surface area (Å²) >= 11 is 0. The second-order valence-electron chi connectivity index (χ2n) is 4.89. The minimum absolute atomic E-state index is 0.00188. The Morgan fingerprint density at radius 1 is 1.55 bits per heavy atom. The number of carbonyl (C=O) groups is 1. The van der Waals surface area contributed by atoms with E-state index >= 15 is 0 Å². The van der Waals surface area contributed by atoms with Gasteiger partial charge in [-0.05, 0) is 6.92 Å². The first-order valence-electron chi connectivity index (χ1n) is 6.08. The van der Waals surface area contributed by atoms with Gasteiger partial charge in [0.1, 0.15) is 0 Å². The Hall–Kier alpha value is -1.64. The van der Waals surface area contributed by atoms with Crippen molar-refractivity contribution in [3.63, 3.8) is 0 Å². The van der Waals surface area contributed by atoms with Crippen LogP contribution in [0.3, 0.4) is 0 Å². The van der Waals surface area contributed by atoms with Gasteiger partial charge in [-0.15, -0.1) is 0 Å². The topological polar surface area (TPSA) is 146 Å². The lowest BCUT2D eigenvalue weighted by Gasteiger charge is -2.32. The molecular weight excluding hydrogens is 268 g/mol. The first-order chi connectivity index (χ1) is 9.24. The zero-order valence-corrected chi connectivity index (χ0v) is 11.4. The van der Waals surface area contributed by atoms with Crippen LogP contribution in [0.1, 0.15) is 19.8 Å². The van der Waals surface area contributed by atoms with Crippen LogP contribution in [0.15, 0.2) is 16.4 Å². The van der Waals surface area contributed by atoms with E-state index in [4.69, 9.17) is 15.6 Å². The van der Waals surface area contributed by atoms with E-state index in [1.54, 1.807) is 0 Å². The minimum Gasteiger partial charge on any atom is -0.493 e. The fraction of sp³-hybridized carbons (Fsp3) is 0.667. The van der Waals surface area contributed by atoms with Crippen LogP contribution in [0.25, 0.3) is 0 Å². The van der Waals surface area contributed by atoms with Crippen molar-refractivity contribution >= 4 is 11.7 Å². The van der Waals surface area contributed by atoms with Crippen molar-refractivity contribution in [1.82, 2.24) is 0 Å². The molecule has 0 aromatic carbocycles. The van der Waals surface area contributed by atoms with E-state index in [1.807, 2.05) is 0 Å². The van der Waals surface area contributed by atoms with Crippen LogP contribution in [-0.4, -0.2) is 63.6 Å². The van der Waals surface area contributed by atoms with Crippen LogP contribution < -0.4 is 5.73 Å². The van der Waals surface area contributed by atoms with Crippen molar-refractivity contribution in [2.24, 2.45) is 10.7 Å². The van der Waals surface area contributed by atoms with Crippen LogP contribution >= 0.6 is 0 Å². The summed E-state index contributed by atoms with van der Waals surface area (Å²) in [6, 6.07) is -1.40. The number of rotatable bonds is 5. The lowest BCUT2D eigenvalue weighted by atomic mass is 9.85. The van der Waals surface area contributed by atoms with Gasteiger partial charge in [-0.1, -0.05) is 0 Å². The highest BCUT2D eigenvalue weighted by Crippen LogP contribution is 2.29. The molecule has 8 heteroatoms. The van der Waals surface area contributed by atoms with Gasteiger partial charge in [0.2, 0.25) is 0 Å². The van der Waals surface area contributed by atoms with Crippen LogP contribution in [-0.2, 0) is 9.53 Å². The molecule has 0 radical (unpaired) electrons. The third-order valence-corrected chi connectivity index (χ3v) is 3.07. The molecule has 6 N–H and O–H groups in total. The number of ether oxygens (including phenoxy) is 1. The molecule has 0 aliphatic heterocycles. The van der Waals surface area contributed by atoms with E-state index < -0.39 is 30.3 Å². The number of carboxylic acid groups (broad SMARTS) is 1. The quantitative estimate of drug-likeness (QED) is 0.418. The third kappa shape index (κ3) is 3.47. The molecule has 0 fully saturated rings. The van der Waals surface area contributed by atoms with Gasteiger partial charge in [0.25, 0.3) is 0 Å². The smallest absolute Gasteiger partial charge is 0.331 e. The molecule has 20 heavy (non-hydrogen) atoms. The zero-order valence-electron chi connectivity index (χ0n) is 11.4. The van der Waals surface area contributed by atoms with Crippen LogP contribution in [0.2, 0.25) is 0 Å². The van der Waals surface area contributed by atoms with Gasteiger partial charge < -0.3 is 30.9 Å². The molecule has 1 rings (SSSR count). The van der Waals surface area contributed by atoms with Gasteiger partial charge in [0.15, 0.2) is 11.8 Å². The van der Waals surface area contributed by atoms with E-state index in [-0.39, 0.29) is 30.0 Å². The molecule has 0 saturated heterocycles. The molecule has 3 atom stereocenters. The van der Waals surface area contributed by atoms with Gasteiger partial charge in [0, 0.05) is 12.8 Å². The zero-order chi connectivity index (χ0) is 15.5. The van der Waals surface area contributed by atoms with Gasteiger partial charge in [-0.25, -0.2) is 4.79 Å². The minimum atomic E-state index is -1.51. The lowest BCUT2D eigenvalue weighted by Crippen LogP contribution is -2.43. The number of aliphatic hydroxyl groups is 3. The highest BCUT2D eigenvalue weighted by Gasteiger charge is 2.37. The van der Waals surface area contributed by atoms with Gasteiger partial charge in [-0.2, -0.15) is 0 Å². The maximum Gasteiger partial charge on any atom is 0.331 e. The summed E-state index contributed by atoms with van der Waals surface area (Å²) in [5, 5.41) is 37.8. The van der Waals surface area contributed by atoms with Gasteiger partial charge in [0.05, 0.1) is 36.8 Å². The van der Waals surface area contributed by atoms with Crippen molar-refractivity contribution in [3.05, 3.63) is 11.5 Å². The van der Waals surface area contributed by atoms with Crippen LogP contribution in [0.4, 0.5) is 0 Å². The summed E-state index contributed by atoms with van der Waals surface area (Å²) in [6.07, 6.45) is -1.33. The predicted octanol–water partition coefficient (Wildman–Crippen LogP) is -1.40. The number of hydrogen-bond acceptors (Lipinski definition) is 7. The Morgan fingerprint density at radius 3 is 2.55 bits per heavy atom. The second kappa shape index (κ2) is 6.21. The lowest BCUT2D eigenvalue weighted by molar-refractivity contribution is -0.140. The van der Waals surface area contributed by atoms with Gasteiger partial charge in [-0.3, -0.25) is 4.99 Å². The SMILES string of the molecule is COC1=C(N)CC(O)(CO)CC1=N[C@H](C(=O)O)[C@@H](C)O. The number of allylic oxidation sites excluding steroid dienone is 1. The summed E-state index contributed by atoms with van der Waals surface area (Å²) in [6.45, 7) is 0.750. The molecule has 0 saturated carbocycles. The molecule has 0 bridgehead atoms. The van der Waals surface area contributed by atoms with E-state index in [0.717, 1.165) is 0 Å². The maximum atomic E-state index is 11.1. The van der Waals surface area contributed by atoms with Crippen molar-refractivity contribution in [3.8, 4) is 0 Å². The molecule has 1 unspecified atom stereocenters. The molecule has 8 nitrogen and oxygen atoms in total. The standard InChI is InChI=1S/C12H20N2O6/c1-6(16)9(11(17)18)14-8-4-12(19,5-15)3-7(13)10(8)20-2/h6,9,15-16,19H,3-5,13H2,1-2H3,(H,17,18)/t6-,9+,12?/m1/s1. The number of aliphatic imine (C=N–C) groups is 1. The highest BCUT2D eigenvalue weighted by molar-refractivity contribution is 6.01. The molecule has 1 aliphatic carbocycles. The molecule has 0 aromatic rings. The molecule has 1 aliphatic rings. The van der Waals surface area contributed by atoms with E-state index in [0.29, 0.717) is 0 Å². The molecule has 0 aromatic heterocycles. The predicted molar refractivity (Wildman–Crippen MR) is 70.0 cm³/mol. The number of carboxylic acids is 1. The number of aliphatic carboxylic acids is 1. The summed E-state index contributed by atoms with van der Waals surface area (Å²) in [5.41, 5.74) is 4.53. The average molecular weight is 288 g/mol. The normalized spacial score (nSPS) is 28.4.